The number of aliphatic hydroxyl groups is 1. The molecule has 2 aliphatic carbocycles. The van der Waals surface area contributed by atoms with Crippen molar-refractivity contribution in [1.82, 2.24) is 15.2 Å². The Labute approximate surface area is 111 Å². The van der Waals surface area contributed by atoms with Gasteiger partial charge in [0.1, 0.15) is 0 Å². The normalized spacial score (nSPS) is 19.4. The molecular weight excluding hydrogens is 238 g/mol. The van der Waals surface area contributed by atoms with Gasteiger partial charge in [-0.3, -0.25) is 4.98 Å². The molecular formula is C15H15N3O. The first-order valence-electron chi connectivity index (χ1n) is 6.63. The Kier molecular flexibility index (Phi) is 1.91. The van der Waals surface area contributed by atoms with E-state index in [4.69, 9.17) is 4.98 Å². The van der Waals surface area contributed by atoms with Crippen molar-refractivity contribution in [3.63, 3.8) is 0 Å². The molecule has 0 amide bonds. The van der Waals surface area contributed by atoms with Gasteiger partial charge in [0, 0.05) is 28.5 Å². The molecule has 96 valence electrons. The number of aliphatic hydroxyl groups excluding tert-OH is 1. The summed E-state index contributed by atoms with van der Waals surface area (Å²) in [5.74, 6) is 0.352. The number of aromatic nitrogens is 3. The van der Waals surface area contributed by atoms with Crippen molar-refractivity contribution in [2.45, 2.75) is 38.5 Å². The zero-order chi connectivity index (χ0) is 13.2. The van der Waals surface area contributed by atoms with E-state index in [1.54, 1.807) is 12.3 Å². The van der Waals surface area contributed by atoms with Crippen molar-refractivity contribution in [3.8, 4) is 11.1 Å². The van der Waals surface area contributed by atoms with Gasteiger partial charge in [0.25, 0.3) is 0 Å². The lowest BCUT2D eigenvalue weighted by Crippen LogP contribution is -2.24. The molecule has 0 aromatic carbocycles. The molecule has 4 aliphatic rings. The van der Waals surface area contributed by atoms with Crippen LogP contribution in [0.3, 0.4) is 0 Å². The molecule has 2 aliphatic heterocycles. The SMILES string of the molecule is CC1(C)CCc2nncc3c4c(nc1c2-4)CC(O)=C3. The average Bonchev–Trinajstić information content (AvgIpc) is 2.62. The number of hydrogen-bond acceptors (Lipinski definition) is 4. The fraction of sp³-hybridized carbons (Fsp3) is 0.400. The second-order valence-electron chi connectivity index (χ2n) is 6.10. The molecule has 0 saturated heterocycles. The number of nitrogens with zero attached hydrogens (tertiary/aromatic N) is 3. The number of hydrogen-bond donors (Lipinski definition) is 1. The van der Waals surface area contributed by atoms with Crippen molar-refractivity contribution in [1.29, 1.82) is 0 Å². The van der Waals surface area contributed by atoms with Crippen molar-refractivity contribution < 1.29 is 5.11 Å². The van der Waals surface area contributed by atoms with Gasteiger partial charge in [0.2, 0.25) is 0 Å². The maximum absolute atomic E-state index is 9.86. The first-order chi connectivity index (χ1) is 9.06. The highest BCUT2D eigenvalue weighted by atomic mass is 16.3. The van der Waals surface area contributed by atoms with E-state index in [-0.39, 0.29) is 5.41 Å². The predicted octanol–water partition coefficient (Wildman–Crippen LogP) is 2.66. The van der Waals surface area contributed by atoms with Crippen LogP contribution in [0.15, 0.2) is 12.0 Å². The average molecular weight is 253 g/mol. The summed E-state index contributed by atoms with van der Waals surface area (Å²) in [5.41, 5.74) is 6.44. The summed E-state index contributed by atoms with van der Waals surface area (Å²) in [6.07, 6.45) is 6.02. The molecule has 4 rings (SSSR count). The van der Waals surface area contributed by atoms with E-state index in [1.165, 1.54) is 5.56 Å². The predicted molar refractivity (Wildman–Crippen MR) is 72.1 cm³/mol. The van der Waals surface area contributed by atoms with E-state index in [2.05, 4.69) is 24.0 Å². The van der Waals surface area contributed by atoms with E-state index < -0.39 is 0 Å². The minimum absolute atomic E-state index is 0.0662. The van der Waals surface area contributed by atoms with E-state index in [0.29, 0.717) is 12.2 Å². The third-order valence-electron chi connectivity index (χ3n) is 4.27. The second kappa shape index (κ2) is 3.32. The zero-order valence-electron chi connectivity index (χ0n) is 11.1. The van der Waals surface area contributed by atoms with E-state index in [9.17, 15) is 5.11 Å². The Morgan fingerprint density at radius 1 is 1.21 bits per heavy atom. The van der Waals surface area contributed by atoms with Gasteiger partial charge in [-0.15, -0.1) is 0 Å². The standard InChI is InChI=1S/C15H15N3O/c1-15(2)4-3-10-13-12-8(7-16-18-10)5-9(19)6-11(12)17-14(13)15/h5,7,19H,3-4,6H2,1-2H3. The number of aryl methyl sites for hydroxylation is 1. The minimum atomic E-state index is 0.0662. The molecule has 0 bridgehead atoms. The molecule has 4 nitrogen and oxygen atoms in total. The Morgan fingerprint density at radius 2 is 2.05 bits per heavy atom. The fourth-order valence-corrected chi connectivity index (χ4v) is 3.23. The first kappa shape index (κ1) is 10.9. The molecule has 0 atom stereocenters. The summed E-state index contributed by atoms with van der Waals surface area (Å²) >= 11 is 0. The molecule has 4 heteroatoms. The van der Waals surface area contributed by atoms with Gasteiger partial charge in [-0.1, -0.05) is 13.8 Å². The van der Waals surface area contributed by atoms with E-state index in [1.807, 2.05) is 0 Å². The molecule has 0 aromatic rings. The lowest BCUT2D eigenvalue weighted by Gasteiger charge is -2.28. The van der Waals surface area contributed by atoms with Crippen LogP contribution in [0.25, 0.3) is 17.2 Å². The molecule has 0 fully saturated rings. The summed E-state index contributed by atoms with van der Waals surface area (Å²) in [4.78, 5) is 4.81. The Balaban J connectivity index is 2.13. The zero-order valence-corrected chi connectivity index (χ0v) is 11.1. The van der Waals surface area contributed by atoms with Gasteiger partial charge < -0.3 is 5.11 Å². The third kappa shape index (κ3) is 1.37. The Morgan fingerprint density at radius 3 is 2.89 bits per heavy atom. The molecule has 2 heterocycles. The maximum Gasteiger partial charge on any atom is 0.0989 e. The van der Waals surface area contributed by atoms with Crippen LogP contribution in [0.1, 0.15) is 42.9 Å². The van der Waals surface area contributed by atoms with Gasteiger partial charge in [-0.25, -0.2) is 0 Å². The lowest BCUT2D eigenvalue weighted by molar-refractivity contribution is 0.401. The van der Waals surface area contributed by atoms with Crippen LogP contribution in [0, 0.1) is 0 Å². The topological polar surface area (TPSA) is 58.9 Å². The Hall–Kier alpha value is -1.97. The van der Waals surface area contributed by atoms with Crippen molar-refractivity contribution in [2.24, 2.45) is 0 Å². The van der Waals surface area contributed by atoms with E-state index >= 15 is 0 Å². The highest BCUT2D eigenvalue weighted by Gasteiger charge is 2.37. The van der Waals surface area contributed by atoms with Crippen molar-refractivity contribution in [2.75, 3.05) is 0 Å². The molecule has 0 unspecified atom stereocenters. The summed E-state index contributed by atoms with van der Waals surface area (Å²) in [5, 5.41) is 18.3. The molecule has 0 spiro atoms. The van der Waals surface area contributed by atoms with Crippen LogP contribution < -0.4 is 0 Å². The molecule has 0 aromatic heterocycles. The number of rotatable bonds is 0. The fourth-order valence-electron chi connectivity index (χ4n) is 3.23. The monoisotopic (exact) mass is 253 g/mol. The summed E-state index contributed by atoms with van der Waals surface area (Å²) in [6, 6.07) is 0. The summed E-state index contributed by atoms with van der Waals surface area (Å²) in [7, 11) is 0. The first-order valence-corrected chi connectivity index (χ1v) is 6.63. The third-order valence-corrected chi connectivity index (χ3v) is 4.27. The van der Waals surface area contributed by atoms with Crippen molar-refractivity contribution in [3.05, 3.63) is 34.6 Å². The van der Waals surface area contributed by atoms with Crippen LogP contribution in [0.5, 0.6) is 0 Å². The minimum Gasteiger partial charge on any atom is -0.512 e. The van der Waals surface area contributed by atoms with Gasteiger partial charge in [-0.05, 0) is 18.9 Å². The van der Waals surface area contributed by atoms with Gasteiger partial charge >= 0.3 is 0 Å². The van der Waals surface area contributed by atoms with Crippen molar-refractivity contribution >= 4 is 6.08 Å². The highest BCUT2D eigenvalue weighted by Crippen LogP contribution is 2.47. The highest BCUT2D eigenvalue weighted by molar-refractivity contribution is 5.84. The summed E-state index contributed by atoms with van der Waals surface area (Å²) < 4.78 is 0. The molecule has 0 saturated carbocycles. The van der Waals surface area contributed by atoms with Crippen LogP contribution in [0.4, 0.5) is 0 Å². The quantitative estimate of drug-likeness (QED) is 0.784. The van der Waals surface area contributed by atoms with Gasteiger partial charge in [0.05, 0.1) is 29.0 Å². The molecule has 1 N–H and O–H groups in total. The largest absolute Gasteiger partial charge is 0.512 e. The second-order valence-corrected chi connectivity index (χ2v) is 6.10. The number of allylic oxidation sites excluding steroid dienone is 1. The molecule has 19 heavy (non-hydrogen) atoms. The lowest BCUT2D eigenvalue weighted by atomic mass is 9.75. The maximum atomic E-state index is 9.86. The van der Waals surface area contributed by atoms with Crippen LogP contribution in [-0.2, 0) is 18.3 Å². The van der Waals surface area contributed by atoms with Crippen LogP contribution >= 0.6 is 0 Å². The summed E-state index contributed by atoms with van der Waals surface area (Å²) in [6.45, 7) is 4.46. The van der Waals surface area contributed by atoms with Crippen LogP contribution in [-0.4, -0.2) is 20.3 Å². The smallest absolute Gasteiger partial charge is 0.0989 e. The van der Waals surface area contributed by atoms with E-state index in [0.717, 1.165) is 41.1 Å². The molecule has 0 radical (unpaired) electrons. The Bertz CT molecular complexity index is 703. The van der Waals surface area contributed by atoms with Gasteiger partial charge in [0.15, 0.2) is 0 Å². The van der Waals surface area contributed by atoms with Gasteiger partial charge in [-0.2, -0.15) is 10.2 Å². The van der Waals surface area contributed by atoms with Crippen LogP contribution in [0.2, 0.25) is 0 Å².